The van der Waals surface area contributed by atoms with Gasteiger partial charge in [-0.05, 0) is 61.5 Å². The lowest BCUT2D eigenvalue weighted by atomic mass is 9.81. The van der Waals surface area contributed by atoms with Gasteiger partial charge in [0.25, 0.3) is 0 Å². The van der Waals surface area contributed by atoms with Gasteiger partial charge in [0.05, 0.1) is 26.2 Å². The number of aliphatic hydroxyl groups excluding tert-OH is 1. The number of likely N-dealkylation sites (N-methyl/N-ethyl adjacent to an activating group) is 1. The molecular formula is C25H29NO5. The summed E-state index contributed by atoms with van der Waals surface area (Å²) in [6.07, 6.45) is 0.568. The van der Waals surface area contributed by atoms with E-state index in [4.69, 9.17) is 9.47 Å². The highest BCUT2D eigenvalue weighted by Crippen LogP contribution is 2.50. The van der Waals surface area contributed by atoms with Gasteiger partial charge >= 0.3 is 0 Å². The maximum absolute atomic E-state index is 11.2. The highest BCUT2D eigenvalue weighted by molar-refractivity contribution is 6.06. The molecule has 0 bridgehead atoms. The molecule has 1 aliphatic heterocycles. The molecule has 0 saturated carbocycles. The van der Waals surface area contributed by atoms with Crippen LogP contribution in [0.4, 0.5) is 0 Å². The first kappa shape index (κ1) is 21.3. The van der Waals surface area contributed by atoms with Crippen LogP contribution in [0.1, 0.15) is 29.7 Å². The standard InChI is InChI=1S/C25H29NO5/c1-13-9-20(30-4)24-16(7-6-8-18(24)28)22(13)25-17-10-15(12-27)26(3)14(2)23(17)21(31-5)11-19(25)29/h6-9,11,14-15,27-29H,10,12H2,1-5H3/t14-,15-/m1/s1. The highest BCUT2D eigenvalue weighted by atomic mass is 16.5. The van der Waals surface area contributed by atoms with Crippen LogP contribution in [0.15, 0.2) is 30.3 Å². The van der Waals surface area contributed by atoms with Gasteiger partial charge in [-0.1, -0.05) is 12.1 Å². The second-order valence-corrected chi connectivity index (χ2v) is 8.22. The van der Waals surface area contributed by atoms with E-state index in [9.17, 15) is 15.3 Å². The molecule has 0 aromatic heterocycles. The van der Waals surface area contributed by atoms with Crippen LogP contribution in [0.5, 0.6) is 23.0 Å². The molecule has 1 heterocycles. The van der Waals surface area contributed by atoms with E-state index in [2.05, 4.69) is 11.8 Å². The number of hydrogen-bond acceptors (Lipinski definition) is 6. The van der Waals surface area contributed by atoms with Gasteiger partial charge in [0.1, 0.15) is 23.0 Å². The average Bonchev–Trinajstić information content (AvgIpc) is 2.76. The Labute approximate surface area is 182 Å². The summed E-state index contributed by atoms with van der Waals surface area (Å²) in [4.78, 5) is 2.14. The Kier molecular flexibility index (Phi) is 5.45. The largest absolute Gasteiger partial charge is 0.507 e. The number of methoxy groups -OCH3 is 2. The van der Waals surface area contributed by atoms with Crippen LogP contribution in [-0.2, 0) is 6.42 Å². The number of rotatable bonds is 4. The molecule has 6 nitrogen and oxygen atoms in total. The fraction of sp³-hybridized carbons (Fsp3) is 0.360. The molecule has 0 unspecified atom stereocenters. The van der Waals surface area contributed by atoms with E-state index < -0.39 is 0 Å². The first-order chi connectivity index (χ1) is 14.8. The number of ether oxygens (including phenoxy) is 2. The minimum absolute atomic E-state index is 0.00609. The van der Waals surface area contributed by atoms with E-state index in [0.29, 0.717) is 28.9 Å². The fourth-order valence-corrected chi connectivity index (χ4v) is 4.98. The molecule has 0 amide bonds. The van der Waals surface area contributed by atoms with Crippen LogP contribution in [0.2, 0.25) is 0 Å². The third kappa shape index (κ3) is 3.18. The Balaban J connectivity index is 2.13. The van der Waals surface area contributed by atoms with Gasteiger partial charge in [-0.15, -0.1) is 0 Å². The zero-order chi connectivity index (χ0) is 22.4. The van der Waals surface area contributed by atoms with Crippen molar-refractivity contribution in [1.29, 1.82) is 0 Å². The number of phenolic OH excluding ortho intramolecular Hbond substituents is 2. The topological polar surface area (TPSA) is 82.4 Å². The van der Waals surface area contributed by atoms with Crippen LogP contribution in [-0.4, -0.2) is 54.1 Å². The summed E-state index contributed by atoms with van der Waals surface area (Å²) >= 11 is 0. The summed E-state index contributed by atoms with van der Waals surface area (Å²) in [5, 5.41) is 33.2. The summed E-state index contributed by atoms with van der Waals surface area (Å²) in [6, 6.07) is 8.81. The summed E-state index contributed by atoms with van der Waals surface area (Å²) in [5.41, 5.74) is 4.44. The highest BCUT2D eigenvalue weighted by Gasteiger charge is 2.35. The average molecular weight is 424 g/mol. The number of benzene rings is 3. The number of aliphatic hydroxyl groups is 1. The molecule has 3 N–H and O–H groups in total. The molecule has 0 fully saturated rings. The molecule has 6 heteroatoms. The number of phenols is 2. The number of aromatic hydroxyl groups is 2. The molecule has 0 radical (unpaired) electrons. The zero-order valence-electron chi connectivity index (χ0n) is 18.6. The Morgan fingerprint density at radius 1 is 1.03 bits per heavy atom. The van der Waals surface area contributed by atoms with E-state index >= 15 is 0 Å². The Morgan fingerprint density at radius 2 is 1.74 bits per heavy atom. The lowest BCUT2D eigenvalue weighted by Gasteiger charge is -2.40. The van der Waals surface area contributed by atoms with E-state index in [0.717, 1.165) is 27.6 Å². The fourth-order valence-electron chi connectivity index (χ4n) is 4.98. The second kappa shape index (κ2) is 7.94. The van der Waals surface area contributed by atoms with Crippen molar-refractivity contribution in [1.82, 2.24) is 4.90 Å². The minimum Gasteiger partial charge on any atom is -0.507 e. The molecule has 1 aliphatic rings. The zero-order valence-corrected chi connectivity index (χ0v) is 18.6. The van der Waals surface area contributed by atoms with Crippen molar-refractivity contribution in [3.63, 3.8) is 0 Å². The predicted molar refractivity (Wildman–Crippen MR) is 121 cm³/mol. The van der Waals surface area contributed by atoms with Crippen molar-refractivity contribution in [3.05, 3.63) is 47.0 Å². The van der Waals surface area contributed by atoms with Crippen LogP contribution in [0, 0.1) is 6.92 Å². The van der Waals surface area contributed by atoms with Crippen molar-refractivity contribution < 1.29 is 24.8 Å². The smallest absolute Gasteiger partial charge is 0.130 e. The van der Waals surface area contributed by atoms with E-state index in [1.54, 1.807) is 32.4 Å². The Morgan fingerprint density at radius 3 is 2.39 bits per heavy atom. The predicted octanol–water partition coefficient (Wildman–Crippen LogP) is 4.15. The third-order valence-electron chi connectivity index (χ3n) is 6.66. The van der Waals surface area contributed by atoms with Crippen LogP contribution >= 0.6 is 0 Å². The van der Waals surface area contributed by atoms with Crippen molar-refractivity contribution >= 4 is 10.8 Å². The lowest BCUT2D eigenvalue weighted by Crippen LogP contribution is -2.42. The molecule has 2 atom stereocenters. The van der Waals surface area contributed by atoms with Gasteiger partial charge in [0.2, 0.25) is 0 Å². The SMILES string of the molecule is COc1cc(O)c(-c2c(C)cc(OC)c3c(O)cccc23)c2c1[C@@H](C)N(C)[C@@H](CO)C2. The quantitative estimate of drug-likeness (QED) is 0.585. The summed E-state index contributed by atoms with van der Waals surface area (Å²) in [6.45, 7) is 4.06. The molecule has 0 spiro atoms. The lowest BCUT2D eigenvalue weighted by molar-refractivity contribution is 0.102. The van der Waals surface area contributed by atoms with Crippen molar-refractivity contribution in [2.75, 3.05) is 27.9 Å². The Hall–Kier alpha value is -2.96. The van der Waals surface area contributed by atoms with Crippen molar-refractivity contribution in [2.45, 2.75) is 32.4 Å². The number of aryl methyl sites for hydroxylation is 1. The van der Waals surface area contributed by atoms with Crippen LogP contribution in [0.25, 0.3) is 21.9 Å². The molecule has 3 aromatic rings. The van der Waals surface area contributed by atoms with Gasteiger partial charge in [0, 0.05) is 29.3 Å². The van der Waals surface area contributed by atoms with Gasteiger partial charge in [-0.2, -0.15) is 0 Å². The molecule has 164 valence electrons. The minimum atomic E-state index is -0.0778. The molecule has 3 aromatic carbocycles. The summed E-state index contributed by atoms with van der Waals surface area (Å²) < 4.78 is 11.2. The van der Waals surface area contributed by atoms with Gasteiger partial charge in [-0.3, -0.25) is 4.90 Å². The molecular weight excluding hydrogens is 394 g/mol. The second-order valence-electron chi connectivity index (χ2n) is 8.22. The third-order valence-corrected chi connectivity index (χ3v) is 6.66. The number of hydrogen-bond donors (Lipinski definition) is 3. The molecule has 31 heavy (non-hydrogen) atoms. The van der Waals surface area contributed by atoms with Crippen LogP contribution < -0.4 is 9.47 Å². The maximum atomic E-state index is 11.2. The molecule has 0 aliphatic carbocycles. The van der Waals surface area contributed by atoms with E-state index in [1.165, 1.54) is 0 Å². The van der Waals surface area contributed by atoms with Crippen LogP contribution in [0.3, 0.4) is 0 Å². The first-order valence-electron chi connectivity index (χ1n) is 10.4. The van der Waals surface area contributed by atoms with E-state index in [1.807, 2.05) is 26.1 Å². The normalized spacial score (nSPS) is 18.8. The monoisotopic (exact) mass is 423 g/mol. The molecule has 4 rings (SSSR count). The van der Waals surface area contributed by atoms with Crippen molar-refractivity contribution in [2.24, 2.45) is 0 Å². The number of fused-ring (bicyclic) bond motifs is 2. The Bertz CT molecular complexity index is 1160. The van der Waals surface area contributed by atoms with E-state index in [-0.39, 0.29) is 30.2 Å². The summed E-state index contributed by atoms with van der Waals surface area (Å²) in [7, 11) is 5.18. The first-order valence-corrected chi connectivity index (χ1v) is 10.4. The van der Waals surface area contributed by atoms with Gasteiger partial charge in [-0.25, -0.2) is 0 Å². The summed E-state index contributed by atoms with van der Waals surface area (Å²) in [5.74, 6) is 1.45. The maximum Gasteiger partial charge on any atom is 0.130 e. The van der Waals surface area contributed by atoms with Crippen molar-refractivity contribution in [3.8, 4) is 34.1 Å². The number of nitrogens with zero attached hydrogens (tertiary/aromatic N) is 1. The molecule has 0 saturated heterocycles. The van der Waals surface area contributed by atoms with Gasteiger partial charge in [0.15, 0.2) is 0 Å². The van der Waals surface area contributed by atoms with Gasteiger partial charge < -0.3 is 24.8 Å².